The van der Waals surface area contributed by atoms with Crippen molar-refractivity contribution in [3.8, 4) is 22.6 Å². The first kappa shape index (κ1) is 11.1. The van der Waals surface area contributed by atoms with Crippen molar-refractivity contribution in [2.75, 3.05) is 5.73 Å². The Morgan fingerprint density at radius 2 is 1.94 bits per heavy atom. The van der Waals surface area contributed by atoms with Gasteiger partial charge in [0.15, 0.2) is 11.5 Å². The zero-order chi connectivity index (χ0) is 12.5. The molecule has 2 N–H and O–H groups in total. The van der Waals surface area contributed by atoms with Gasteiger partial charge in [0.2, 0.25) is 5.88 Å². The Morgan fingerprint density at radius 1 is 1.11 bits per heavy atom. The molecule has 18 heavy (non-hydrogen) atoms. The molecule has 90 valence electrons. The molecule has 0 radical (unpaired) electrons. The van der Waals surface area contributed by atoms with Crippen molar-refractivity contribution in [1.29, 1.82) is 0 Å². The fourth-order valence-corrected chi connectivity index (χ4v) is 2.29. The van der Waals surface area contributed by atoms with Gasteiger partial charge in [-0.1, -0.05) is 39.3 Å². The first-order valence-corrected chi connectivity index (χ1v) is 6.10. The lowest BCUT2D eigenvalue weighted by molar-refractivity contribution is 0.436. The topological polar surface area (TPSA) is 65.2 Å². The molecule has 0 unspecified atom stereocenters. The first-order chi connectivity index (χ1) is 8.77. The van der Waals surface area contributed by atoms with E-state index in [2.05, 4.69) is 21.1 Å². The van der Waals surface area contributed by atoms with Gasteiger partial charge in [0.1, 0.15) is 0 Å². The second kappa shape index (κ2) is 4.34. The second-order valence-electron chi connectivity index (χ2n) is 3.73. The van der Waals surface area contributed by atoms with Crippen LogP contribution in [0.1, 0.15) is 0 Å². The molecule has 2 heterocycles. The van der Waals surface area contributed by atoms with E-state index in [4.69, 9.17) is 14.7 Å². The molecule has 3 aromatic rings. The van der Waals surface area contributed by atoms with Crippen LogP contribution in [-0.2, 0) is 0 Å². The van der Waals surface area contributed by atoms with E-state index in [0.717, 1.165) is 15.6 Å². The fourth-order valence-electron chi connectivity index (χ4n) is 1.81. The average Bonchev–Trinajstić information content (AvgIpc) is 2.99. The molecule has 0 aliphatic rings. The van der Waals surface area contributed by atoms with E-state index in [1.807, 2.05) is 30.3 Å². The standard InChI is InChI=1S/C13H9BrN2O2/c14-9-5-2-1-4-8(9)11-12(16-18-13(11)15)10-6-3-7-17-10/h1-7H,15H2. The van der Waals surface area contributed by atoms with Crippen LogP contribution in [0.3, 0.4) is 0 Å². The van der Waals surface area contributed by atoms with Gasteiger partial charge in [-0.15, -0.1) is 0 Å². The summed E-state index contributed by atoms with van der Waals surface area (Å²) in [6, 6.07) is 11.4. The Bertz CT molecular complexity index is 674. The lowest BCUT2D eigenvalue weighted by atomic mass is 10.0. The third-order valence-electron chi connectivity index (χ3n) is 2.62. The summed E-state index contributed by atoms with van der Waals surface area (Å²) in [5.74, 6) is 0.898. The number of nitrogens with zero attached hydrogens (tertiary/aromatic N) is 1. The predicted molar refractivity (Wildman–Crippen MR) is 71.8 cm³/mol. The van der Waals surface area contributed by atoms with Crippen molar-refractivity contribution in [1.82, 2.24) is 5.16 Å². The molecule has 1 aromatic carbocycles. The van der Waals surface area contributed by atoms with Gasteiger partial charge >= 0.3 is 0 Å². The molecule has 2 aromatic heterocycles. The highest BCUT2D eigenvalue weighted by Gasteiger charge is 2.20. The Balaban J connectivity index is 2.24. The minimum Gasteiger partial charge on any atom is -0.463 e. The summed E-state index contributed by atoms with van der Waals surface area (Å²) < 4.78 is 11.3. The number of anilines is 1. The Hall–Kier alpha value is -2.01. The molecule has 0 saturated heterocycles. The number of rotatable bonds is 2. The van der Waals surface area contributed by atoms with Crippen molar-refractivity contribution >= 4 is 21.8 Å². The summed E-state index contributed by atoms with van der Waals surface area (Å²) in [6.07, 6.45) is 1.59. The van der Waals surface area contributed by atoms with Crippen LogP contribution in [0.2, 0.25) is 0 Å². The lowest BCUT2D eigenvalue weighted by Crippen LogP contribution is -1.88. The molecule has 0 amide bonds. The van der Waals surface area contributed by atoms with E-state index in [1.54, 1.807) is 12.3 Å². The van der Waals surface area contributed by atoms with Crippen LogP contribution in [0.4, 0.5) is 5.88 Å². The highest BCUT2D eigenvalue weighted by Crippen LogP contribution is 2.39. The maximum atomic E-state index is 5.86. The van der Waals surface area contributed by atoms with Gasteiger partial charge < -0.3 is 14.7 Å². The molecule has 0 bridgehead atoms. The summed E-state index contributed by atoms with van der Waals surface area (Å²) in [4.78, 5) is 0. The molecule has 0 aliphatic carbocycles. The van der Waals surface area contributed by atoms with Crippen LogP contribution in [0, 0.1) is 0 Å². The fraction of sp³-hybridized carbons (Fsp3) is 0. The normalized spacial score (nSPS) is 10.7. The van der Waals surface area contributed by atoms with E-state index in [-0.39, 0.29) is 5.88 Å². The third-order valence-corrected chi connectivity index (χ3v) is 3.31. The SMILES string of the molecule is Nc1onc(-c2ccco2)c1-c1ccccc1Br. The number of aromatic nitrogens is 1. The Morgan fingerprint density at radius 3 is 2.67 bits per heavy atom. The number of hydrogen-bond acceptors (Lipinski definition) is 4. The smallest absolute Gasteiger partial charge is 0.230 e. The summed E-state index contributed by atoms with van der Waals surface area (Å²) in [5.41, 5.74) is 8.11. The monoisotopic (exact) mass is 304 g/mol. The van der Waals surface area contributed by atoms with E-state index in [1.165, 1.54) is 0 Å². The van der Waals surface area contributed by atoms with Gasteiger partial charge in [0.25, 0.3) is 0 Å². The Kier molecular flexibility index (Phi) is 2.68. The molecule has 0 atom stereocenters. The van der Waals surface area contributed by atoms with E-state index in [0.29, 0.717) is 11.5 Å². The van der Waals surface area contributed by atoms with Crippen molar-refractivity contribution in [3.05, 3.63) is 47.1 Å². The maximum absolute atomic E-state index is 5.86. The number of hydrogen-bond donors (Lipinski definition) is 1. The lowest BCUT2D eigenvalue weighted by Gasteiger charge is -2.03. The summed E-state index contributed by atoms with van der Waals surface area (Å²) >= 11 is 3.49. The van der Waals surface area contributed by atoms with E-state index in [9.17, 15) is 0 Å². The van der Waals surface area contributed by atoms with Crippen LogP contribution in [0.25, 0.3) is 22.6 Å². The molecular weight excluding hydrogens is 296 g/mol. The van der Waals surface area contributed by atoms with Gasteiger partial charge in [0.05, 0.1) is 11.8 Å². The van der Waals surface area contributed by atoms with Gasteiger partial charge in [-0.05, 0) is 18.2 Å². The predicted octanol–water partition coefficient (Wildman–Crippen LogP) is 3.95. The van der Waals surface area contributed by atoms with Crippen molar-refractivity contribution < 1.29 is 8.94 Å². The zero-order valence-electron chi connectivity index (χ0n) is 9.26. The van der Waals surface area contributed by atoms with Crippen LogP contribution in [0.15, 0.2) is 56.1 Å². The van der Waals surface area contributed by atoms with Gasteiger partial charge in [-0.3, -0.25) is 0 Å². The van der Waals surface area contributed by atoms with Crippen molar-refractivity contribution in [2.24, 2.45) is 0 Å². The highest BCUT2D eigenvalue weighted by molar-refractivity contribution is 9.10. The second-order valence-corrected chi connectivity index (χ2v) is 4.58. The van der Waals surface area contributed by atoms with Crippen molar-refractivity contribution in [3.63, 3.8) is 0 Å². The number of halogens is 1. The first-order valence-electron chi connectivity index (χ1n) is 5.31. The van der Waals surface area contributed by atoms with Gasteiger partial charge in [-0.25, -0.2) is 0 Å². The average molecular weight is 305 g/mol. The molecular formula is C13H9BrN2O2. The van der Waals surface area contributed by atoms with E-state index >= 15 is 0 Å². The zero-order valence-corrected chi connectivity index (χ0v) is 10.8. The number of benzene rings is 1. The summed E-state index contributed by atoms with van der Waals surface area (Å²) in [5, 5.41) is 3.96. The quantitative estimate of drug-likeness (QED) is 0.778. The molecule has 0 spiro atoms. The molecule has 4 nitrogen and oxygen atoms in total. The maximum Gasteiger partial charge on any atom is 0.230 e. The molecule has 0 fully saturated rings. The van der Waals surface area contributed by atoms with Crippen LogP contribution in [-0.4, -0.2) is 5.16 Å². The molecule has 5 heteroatoms. The van der Waals surface area contributed by atoms with E-state index < -0.39 is 0 Å². The van der Waals surface area contributed by atoms with Gasteiger partial charge in [-0.2, -0.15) is 0 Å². The van der Waals surface area contributed by atoms with Crippen LogP contribution < -0.4 is 5.73 Å². The summed E-state index contributed by atoms with van der Waals surface area (Å²) in [7, 11) is 0. The number of nitrogens with two attached hydrogens (primary N) is 1. The molecule has 3 rings (SSSR count). The number of furan rings is 1. The minimum atomic E-state index is 0.272. The number of nitrogen functional groups attached to an aromatic ring is 1. The minimum absolute atomic E-state index is 0.272. The Labute approximate surface area is 112 Å². The largest absolute Gasteiger partial charge is 0.463 e. The van der Waals surface area contributed by atoms with Crippen LogP contribution >= 0.6 is 15.9 Å². The summed E-state index contributed by atoms with van der Waals surface area (Å²) in [6.45, 7) is 0. The van der Waals surface area contributed by atoms with Gasteiger partial charge in [0, 0.05) is 10.0 Å². The molecule has 0 saturated carbocycles. The van der Waals surface area contributed by atoms with Crippen molar-refractivity contribution in [2.45, 2.75) is 0 Å². The third kappa shape index (κ3) is 1.73. The molecule has 0 aliphatic heterocycles. The highest BCUT2D eigenvalue weighted by atomic mass is 79.9. The van der Waals surface area contributed by atoms with Crippen LogP contribution in [0.5, 0.6) is 0 Å².